The lowest BCUT2D eigenvalue weighted by Crippen LogP contribution is -2.57. The molecule has 3 nitrogen and oxygen atoms in total. The summed E-state index contributed by atoms with van der Waals surface area (Å²) in [6.45, 7) is -5.36. The Bertz CT molecular complexity index is 1490. The number of aryl methyl sites for hydroxylation is 2. The zero-order chi connectivity index (χ0) is 24.5. The number of aromatic nitrogens is 1. The second-order valence-electron chi connectivity index (χ2n) is 7.18. The number of ether oxygens (including phenoxy) is 2. The summed E-state index contributed by atoms with van der Waals surface area (Å²) in [4.78, 5) is 4.37. The predicted octanol–water partition coefficient (Wildman–Crippen LogP) is 4.09. The fourth-order valence-electron chi connectivity index (χ4n) is 4.19. The summed E-state index contributed by atoms with van der Waals surface area (Å²) in [5.74, 6) is 2.63. The number of nitrogens with zero attached hydrogens (tertiary/aromatic N) is 1. The van der Waals surface area contributed by atoms with Crippen molar-refractivity contribution in [2.45, 2.75) is 13.7 Å². The number of para-hydroxylation sites is 2. The molecule has 138 valence electrons. The summed E-state index contributed by atoms with van der Waals surface area (Å²) < 4.78 is 59.6. The molecule has 2 aliphatic heterocycles. The quantitative estimate of drug-likeness (QED) is 0.402. The SMILES string of the molecule is [2H]C([2H])([2H])c1cnc(-c2ccc3c4c2Oc2ccccc2B4c2ccccc2O3)cc1C([2H])([2H])[2H]. The topological polar surface area (TPSA) is 31.4 Å². The highest BCUT2D eigenvalue weighted by atomic mass is 16.5. The maximum atomic E-state index is 7.93. The van der Waals surface area contributed by atoms with Gasteiger partial charge in [-0.25, -0.2) is 0 Å². The van der Waals surface area contributed by atoms with E-state index in [1.165, 1.54) is 6.07 Å². The standard InChI is InChI=1S/C25H18BNO2/c1-15-13-20(27-14-16(15)2)17-11-12-23-24-25(17)29-22-10-6-4-8-19(22)26(24)18-7-3-5-9-21(18)28-23/h3-14H,1-2H3/i1D3,2D3. The molecule has 0 N–H and O–H groups in total. The highest BCUT2D eigenvalue weighted by Gasteiger charge is 2.40. The Kier molecular flexibility index (Phi) is 2.37. The molecule has 6 rings (SSSR count). The summed E-state index contributed by atoms with van der Waals surface area (Å²) in [6, 6.07) is 20.6. The summed E-state index contributed by atoms with van der Waals surface area (Å²) in [7, 11) is 0. The Balaban J connectivity index is 1.60. The number of hydrogen-bond donors (Lipinski definition) is 0. The maximum Gasteiger partial charge on any atom is 0.260 e. The van der Waals surface area contributed by atoms with Crippen LogP contribution in [-0.2, 0) is 0 Å². The Morgan fingerprint density at radius 3 is 2.28 bits per heavy atom. The largest absolute Gasteiger partial charge is 0.458 e. The fourth-order valence-corrected chi connectivity index (χ4v) is 4.19. The first-order valence-electron chi connectivity index (χ1n) is 12.3. The average Bonchev–Trinajstić information content (AvgIpc) is 2.82. The van der Waals surface area contributed by atoms with Gasteiger partial charge in [0.1, 0.15) is 23.0 Å². The normalized spacial score (nSPS) is 16.9. The minimum atomic E-state index is -2.62. The van der Waals surface area contributed by atoms with Gasteiger partial charge in [-0.1, -0.05) is 36.4 Å². The third kappa shape index (κ3) is 2.35. The molecule has 4 aromatic rings. The van der Waals surface area contributed by atoms with Gasteiger partial charge in [0, 0.05) is 25.4 Å². The number of fused-ring (bicyclic) bond motifs is 4. The first-order chi connectivity index (χ1) is 16.6. The van der Waals surface area contributed by atoms with Gasteiger partial charge in [-0.05, 0) is 66.1 Å². The van der Waals surface area contributed by atoms with E-state index in [-0.39, 0.29) is 17.8 Å². The predicted molar refractivity (Wildman–Crippen MR) is 117 cm³/mol. The number of rotatable bonds is 1. The van der Waals surface area contributed by atoms with Crippen molar-refractivity contribution in [2.24, 2.45) is 0 Å². The van der Waals surface area contributed by atoms with Gasteiger partial charge >= 0.3 is 0 Å². The van der Waals surface area contributed by atoms with Crippen molar-refractivity contribution in [3.05, 3.63) is 84.1 Å². The zero-order valence-electron chi connectivity index (χ0n) is 21.3. The third-order valence-electron chi connectivity index (χ3n) is 5.52. The van der Waals surface area contributed by atoms with Crippen molar-refractivity contribution >= 4 is 23.1 Å². The van der Waals surface area contributed by atoms with Crippen LogP contribution >= 0.6 is 0 Å². The molecule has 0 bridgehead atoms. The van der Waals surface area contributed by atoms with Crippen LogP contribution in [0.4, 0.5) is 0 Å². The minimum absolute atomic E-state index is 0.140. The van der Waals surface area contributed by atoms with E-state index < -0.39 is 13.7 Å². The molecule has 0 saturated heterocycles. The molecule has 0 aliphatic carbocycles. The van der Waals surface area contributed by atoms with Gasteiger partial charge in [-0.3, -0.25) is 4.98 Å². The van der Waals surface area contributed by atoms with Crippen LogP contribution in [0.2, 0.25) is 0 Å². The fraction of sp³-hybridized carbons (Fsp3) is 0.0800. The molecule has 3 aromatic carbocycles. The zero-order valence-corrected chi connectivity index (χ0v) is 15.3. The summed E-state index contributed by atoms with van der Waals surface area (Å²) in [5, 5.41) is 0. The van der Waals surface area contributed by atoms with Crippen LogP contribution in [0.3, 0.4) is 0 Å². The molecule has 0 atom stereocenters. The number of hydrogen-bond acceptors (Lipinski definition) is 3. The smallest absolute Gasteiger partial charge is 0.260 e. The summed E-state index contributed by atoms with van der Waals surface area (Å²) in [5.41, 5.74) is 3.19. The van der Waals surface area contributed by atoms with E-state index in [1.54, 1.807) is 6.07 Å². The summed E-state index contributed by atoms with van der Waals surface area (Å²) in [6.07, 6.45) is 1.14. The molecule has 1 aromatic heterocycles. The first-order valence-corrected chi connectivity index (χ1v) is 9.35. The van der Waals surface area contributed by atoms with Crippen molar-refractivity contribution in [1.82, 2.24) is 4.98 Å². The molecule has 0 fully saturated rings. The van der Waals surface area contributed by atoms with E-state index in [0.29, 0.717) is 28.5 Å². The van der Waals surface area contributed by atoms with E-state index >= 15 is 0 Å². The lowest BCUT2D eigenvalue weighted by Gasteiger charge is -2.33. The van der Waals surface area contributed by atoms with Gasteiger partial charge in [0.2, 0.25) is 0 Å². The van der Waals surface area contributed by atoms with Crippen LogP contribution < -0.4 is 25.9 Å². The van der Waals surface area contributed by atoms with Gasteiger partial charge in [-0.15, -0.1) is 0 Å². The molecule has 0 unspecified atom stereocenters. The highest BCUT2D eigenvalue weighted by molar-refractivity contribution is 6.98. The maximum absolute atomic E-state index is 7.93. The molecule has 29 heavy (non-hydrogen) atoms. The Morgan fingerprint density at radius 1 is 0.793 bits per heavy atom. The van der Waals surface area contributed by atoms with Crippen molar-refractivity contribution in [3.63, 3.8) is 0 Å². The van der Waals surface area contributed by atoms with Crippen LogP contribution in [0.25, 0.3) is 11.3 Å². The Labute approximate surface area is 178 Å². The average molecular weight is 381 g/mol. The monoisotopic (exact) mass is 381 g/mol. The highest BCUT2D eigenvalue weighted by Crippen LogP contribution is 2.40. The second-order valence-corrected chi connectivity index (χ2v) is 7.18. The van der Waals surface area contributed by atoms with Crippen molar-refractivity contribution < 1.29 is 17.7 Å². The van der Waals surface area contributed by atoms with Crippen LogP contribution in [0, 0.1) is 13.7 Å². The van der Waals surface area contributed by atoms with Gasteiger partial charge in [0.25, 0.3) is 6.71 Å². The van der Waals surface area contributed by atoms with Crippen LogP contribution in [0.5, 0.6) is 23.0 Å². The van der Waals surface area contributed by atoms with E-state index in [9.17, 15) is 0 Å². The van der Waals surface area contributed by atoms with E-state index in [2.05, 4.69) is 4.98 Å². The van der Waals surface area contributed by atoms with Crippen LogP contribution in [-0.4, -0.2) is 11.7 Å². The van der Waals surface area contributed by atoms with Crippen molar-refractivity contribution in [1.29, 1.82) is 0 Å². The van der Waals surface area contributed by atoms with E-state index in [1.807, 2.05) is 54.6 Å². The number of pyridine rings is 1. The van der Waals surface area contributed by atoms with E-state index in [0.717, 1.165) is 28.3 Å². The van der Waals surface area contributed by atoms with Crippen LogP contribution in [0.1, 0.15) is 19.4 Å². The lowest BCUT2D eigenvalue weighted by atomic mass is 9.34. The molecule has 0 spiro atoms. The van der Waals surface area contributed by atoms with Gasteiger partial charge in [0.15, 0.2) is 0 Å². The molecular weight excluding hydrogens is 357 g/mol. The Morgan fingerprint density at radius 2 is 1.52 bits per heavy atom. The molecule has 0 saturated carbocycles. The molecule has 3 heterocycles. The van der Waals surface area contributed by atoms with Crippen molar-refractivity contribution in [3.8, 4) is 34.3 Å². The van der Waals surface area contributed by atoms with Gasteiger partial charge < -0.3 is 9.47 Å². The van der Waals surface area contributed by atoms with Crippen LogP contribution in [0.15, 0.2) is 72.9 Å². The number of benzene rings is 3. The molecule has 4 heteroatoms. The van der Waals surface area contributed by atoms with E-state index in [4.69, 9.17) is 17.7 Å². The van der Waals surface area contributed by atoms with Gasteiger partial charge in [0.05, 0.1) is 5.69 Å². The molecule has 0 amide bonds. The molecular formula is C25H18BNO2. The molecule has 0 radical (unpaired) electrons. The lowest BCUT2D eigenvalue weighted by molar-refractivity contribution is 0.465. The third-order valence-corrected chi connectivity index (χ3v) is 5.52. The second kappa shape index (κ2) is 5.98. The van der Waals surface area contributed by atoms with Crippen molar-refractivity contribution in [2.75, 3.05) is 0 Å². The minimum Gasteiger partial charge on any atom is -0.458 e. The molecule has 2 aliphatic rings. The first kappa shape index (κ1) is 11.5. The summed E-state index contributed by atoms with van der Waals surface area (Å²) >= 11 is 0. The van der Waals surface area contributed by atoms with Gasteiger partial charge in [-0.2, -0.15) is 0 Å². The Hall–Kier alpha value is -3.53.